The Balaban J connectivity index is 1.53. The molecule has 116 valence electrons. The highest BCUT2D eigenvalue weighted by molar-refractivity contribution is 7.88. The summed E-state index contributed by atoms with van der Waals surface area (Å²) in [5, 5.41) is 3.68. The van der Waals surface area contributed by atoms with Crippen LogP contribution in [0.4, 0.5) is 0 Å². The molecule has 21 heavy (non-hydrogen) atoms. The van der Waals surface area contributed by atoms with Crippen LogP contribution in [0.5, 0.6) is 0 Å². The van der Waals surface area contributed by atoms with Gasteiger partial charge in [-0.3, -0.25) is 0 Å². The molecule has 4 nitrogen and oxygen atoms in total. The molecule has 0 aromatic heterocycles. The van der Waals surface area contributed by atoms with E-state index in [1.54, 1.807) is 0 Å². The van der Waals surface area contributed by atoms with Gasteiger partial charge in [0.25, 0.3) is 0 Å². The van der Waals surface area contributed by atoms with E-state index < -0.39 is 10.0 Å². The van der Waals surface area contributed by atoms with E-state index in [1.807, 2.05) is 24.3 Å². The Morgan fingerprint density at radius 1 is 1.10 bits per heavy atom. The quantitative estimate of drug-likeness (QED) is 0.845. The van der Waals surface area contributed by atoms with Gasteiger partial charge in [-0.05, 0) is 49.3 Å². The molecule has 2 N–H and O–H groups in total. The zero-order valence-corrected chi connectivity index (χ0v) is 13.3. The maximum absolute atomic E-state index is 11.5. The molecular formula is C16H24N2O2S. The monoisotopic (exact) mass is 308 g/mol. The van der Waals surface area contributed by atoms with Crippen LogP contribution in [-0.4, -0.2) is 21.5 Å². The summed E-state index contributed by atoms with van der Waals surface area (Å²) in [4.78, 5) is 0. The normalized spacial score (nSPS) is 28.1. The fourth-order valence-corrected chi connectivity index (χ4v) is 4.56. The lowest BCUT2D eigenvalue weighted by Gasteiger charge is -2.23. The molecule has 2 aliphatic rings. The Hall–Kier alpha value is -0.910. The van der Waals surface area contributed by atoms with Crippen molar-refractivity contribution in [2.45, 2.75) is 44.0 Å². The van der Waals surface area contributed by atoms with E-state index in [0.717, 1.165) is 23.9 Å². The zero-order chi connectivity index (χ0) is 14.9. The lowest BCUT2D eigenvalue weighted by atomic mass is 9.95. The summed E-state index contributed by atoms with van der Waals surface area (Å²) in [6.07, 6.45) is 5.57. The molecule has 0 saturated heterocycles. The highest BCUT2D eigenvalue weighted by Gasteiger charge is 2.38. The summed E-state index contributed by atoms with van der Waals surface area (Å²) in [6, 6.07) is 8.56. The molecular weight excluding hydrogens is 284 g/mol. The van der Waals surface area contributed by atoms with Crippen molar-refractivity contribution < 1.29 is 8.42 Å². The van der Waals surface area contributed by atoms with Crippen LogP contribution in [0.3, 0.4) is 0 Å². The van der Waals surface area contributed by atoms with Crippen molar-refractivity contribution in [3.8, 4) is 0 Å². The van der Waals surface area contributed by atoms with E-state index in [0.29, 0.717) is 6.04 Å². The van der Waals surface area contributed by atoms with Gasteiger partial charge in [-0.1, -0.05) is 30.7 Å². The number of benzene rings is 1. The Bertz CT molecular complexity index is 583. The van der Waals surface area contributed by atoms with Gasteiger partial charge in [0, 0.05) is 12.6 Å². The van der Waals surface area contributed by atoms with Crippen LogP contribution < -0.4 is 10.0 Å². The molecule has 2 fully saturated rings. The molecule has 5 heteroatoms. The molecule has 2 saturated carbocycles. The summed E-state index contributed by atoms with van der Waals surface area (Å²) < 4.78 is 25.3. The maximum atomic E-state index is 11.5. The SMILES string of the molecule is CNS(=O)(=O)Cc1ccc(CN[C@@H]2C[C@H]3CC[C@H]2C3)cc1. The second kappa shape index (κ2) is 6.07. The van der Waals surface area contributed by atoms with Gasteiger partial charge in [-0.25, -0.2) is 13.1 Å². The molecule has 3 atom stereocenters. The summed E-state index contributed by atoms with van der Waals surface area (Å²) in [5.74, 6) is 1.89. The van der Waals surface area contributed by atoms with E-state index in [4.69, 9.17) is 0 Å². The van der Waals surface area contributed by atoms with Gasteiger partial charge in [0.2, 0.25) is 10.0 Å². The van der Waals surface area contributed by atoms with Gasteiger partial charge < -0.3 is 5.32 Å². The lowest BCUT2D eigenvalue weighted by Crippen LogP contribution is -2.33. The third-order valence-electron chi connectivity index (χ3n) is 5.00. The third-order valence-corrected chi connectivity index (χ3v) is 6.33. The first-order chi connectivity index (χ1) is 10.1. The average Bonchev–Trinajstić information content (AvgIpc) is 3.09. The van der Waals surface area contributed by atoms with Crippen molar-refractivity contribution in [1.29, 1.82) is 0 Å². The average molecular weight is 308 g/mol. The van der Waals surface area contributed by atoms with Crippen LogP contribution in [-0.2, 0) is 22.3 Å². The first kappa shape index (κ1) is 15.0. The molecule has 0 radical (unpaired) electrons. The first-order valence-electron chi connectivity index (χ1n) is 7.78. The Labute approximate surface area is 127 Å². The van der Waals surface area contributed by atoms with Crippen molar-refractivity contribution in [2.24, 2.45) is 11.8 Å². The largest absolute Gasteiger partial charge is 0.310 e. The minimum Gasteiger partial charge on any atom is -0.310 e. The molecule has 0 amide bonds. The van der Waals surface area contributed by atoms with Crippen LogP contribution in [0.1, 0.15) is 36.8 Å². The highest BCUT2D eigenvalue weighted by Crippen LogP contribution is 2.44. The number of rotatable bonds is 6. The number of sulfonamides is 1. The van der Waals surface area contributed by atoms with Gasteiger partial charge in [0.05, 0.1) is 5.75 Å². The fourth-order valence-electron chi connectivity index (χ4n) is 3.79. The molecule has 0 unspecified atom stereocenters. The van der Waals surface area contributed by atoms with Crippen LogP contribution >= 0.6 is 0 Å². The maximum Gasteiger partial charge on any atom is 0.215 e. The van der Waals surface area contributed by atoms with Gasteiger partial charge >= 0.3 is 0 Å². The number of hydrogen-bond donors (Lipinski definition) is 2. The van der Waals surface area contributed by atoms with Crippen LogP contribution in [0.15, 0.2) is 24.3 Å². The van der Waals surface area contributed by atoms with E-state index in [-0.39, 0.29) is 5.75 Å². The molecule has 0 heterocycles. The van der Waals surface area contributed by atoms with E-state index in [2.05, 4.69) is 10.0 Å². The molecule has 2 aliphatic carbocycles. The number of fused-ring (bicyclic) bond motifs is 2. The van der Waals surface area contributed by atoms with Gasteiger partial charge in [0.1, 0.15) is 0 Å². The van der Waals surface area contributed by atoms with Crippen molar-refractivity contribution in [1.82, 2.24) is 10.0 Å². The molecule has 3 rings (SSSR count). The van der Waals surface area contributed by atoms with Gasteiger partial charge in [0.15, 0.2) is 0 Å². The summed E-state index contributed by atoms with van der Waals surface area (Å²) in [7, 11) is -1.73. The Morgan fingerprint density at radius 2 is 1.81 bits per heavy atom. The van der Waals surface area contributed by atoms with Gasteiger partial charge in [-0.2, -0.15) is 0 Å². The van der Waals surface area contributed by atoms with Crippen molar-refractivity contribution in [3.63, 3.8) is 0 Å². The second-order valence-corrected chi connectivity index (χ2v) is 8.37. The van der Waals surface area contributed by atoms with Crippen molar-refractivity contribution in [2.75, 3.05) is 7.05 Å². The predicted molar refractivity (Wildman–Crippen MR) is 84.2 cm³/mol. The molecule has 2 bridgehead atoms. The first-order valence-corrected chi connectivity index (χ1v) is 9.43. The lowest BCUT2D eigenvalue weighted by molar-refractivity contribution is 0.351. The topological polar surface area (TPSA) is 58.2 Å². The van der Waals surface area contributed by atoms with Crippen molar-refractivity contribution >= 4 is 10.0 Å². The van der Waals surface area contributed by atoms with Crippen LogP contribution in [0.2, 0.25) is 0 Å². The second-order valence-electron chi connectivity index (χ2n) is 6.44. The molecule has 0 spiro atoms. The molecule has 1 aromatic carbocycles. The summed E-state index contributed by atoms with van der Waals surface area (Å²) in [6.45, 7) is 0.882. The smallest absolute Gasteiger partial charge is 0.215 e. The fraction of sp³-hybridized carbons (Fsp3) is 0.625. The number of nitrogens with one attached hydrogen (secondary N) is 2. The van der Waals surface area contributed by atoms with Crippen molar-refractivity contribution in [3.05, 3.63) is 35.4 Å². The van der Waals surface area contributed by atoms with E-state index in [9.17, 15) is 8.42 Å². The minimum atomic E-state index is -3.18. The zero-order valence-electron chi connectivity index (χ0n) is 12.5. The summed E-state index contributed by atoms with van der Waals surface area (Å²) in [5.41, 5.74) is 2.05. The Kier molecular flexibility index (Phi) is 4.33. The van der Waals surface area contributed by atoms with E-state index in [1.165, 1.54) is 38.3 Å². The van der Waals surface area contributed by atoms with Crippen LogP contribution in [0, 0.1) is 11.8 Å². The molecule has 0 aliphatic heterocycles. The Morgan fingerprint density at radius 3 is 2.38 bits per heavy atom. The predicted octanol–water partition coefficient (Wildman–Crippen LogP) is 2.01. The standard InChI is InChI=1S/C16H24N2O2S/c1-17-21(19,20)11-13-4-2-12(3-5-13)10-18-16-9-14-6-7-15(16)8-14/h2-5,14-18H,6-11H2,1H3/t14-,15-,16+/m0/s1. The van der Waals surface area contributed by atoms with Crippen LogP contribution in [0.25, 0.3) is 0 Å². The van der Waals surface area contributed by atoms with E-state index >= 15 is 0 Å². The third kappa shape index (κ3) is 3.65. The van der Waals surface area contributed by atoms with Gasteiger partial charge in [-0.15, -0.1) is 0 Å². The number of hydrogen-bond acceptors (Lipinski definition) is 3. The highest BCUT2D eigenvalue weighted by atomic mass is 32.2. The minimum absolute atomic E-state index is 0.0452. The summed E-state index contributed by atoms with van der Waals surface area (Å²) >= 11 is 0. The molecule has 1 aromatic rings.